The highest BCUT2D eigenvalue weighted by Gasteiger charge is 2.34. The Morgan fingerprint density at radius 1 is 1.23 bits per heavy atom. The van der Waals surface area contributed by atoms with Crippen molar-refractivity contribution in [3.8, 4) is 6.07 Å². The molecule has 0 amide bonds. The topological polar surface area (TPSA) is 70.2 Å². The SMILES string of the molecule is Cn1ccnc1[C@@H]1OCC[C@H]1CN1CCN(c2cc(C#N)ccn2)CC1. The number of nitriles is 1. The number of aromatic nitrogens is 3. The van der Waals surface area contributed by atoms with Crippen LogP contribution in [0.4, 0.5) is 5.82 Å². The zero-order valence-electron chi connectivity index (χ0n) is 15.1. The molecule has 136 valence electrons. The van der Waals surface area contributed by atoms with Gasteiger partial charge in [-0.2, -0.15) is 5.26 Å². The lowest BCUT2D eigenvalue weighted by molar-refractivity contribution is 0.0685. The molecule has 2 aliphatic rings. The van der Waals surface area contributed by atoms with E-state index in [-0.39, 0.29) is 6.10 Å². The first-order valence-electron chi connectivity index (χ1n) is 9.17. The summed E-state index contributed by atoms with van der Waals surface area (Å²) < 4.78 is 8.05. The van der Waals surface area contributed by atoms with Crippen LogP contribution in [0.1, 0.15) is 23.9 Å². The fraction of sp³-hybridized carbons (Fsp3) is 0.526. The van der Waals surface area contributed by atoms with Crippen LogP contribution in [0.15, 0.2) is 30.7 Å². The number of anilines is 1. The van der Waals surface area contributed by atoms with Crippen LogP contribution in [-0.4, -0.2) is 58.8 Å². The molecule has 26 heavy (non-hydrogen) atoms. The normalized spacial score (nSPS) is 23.9. The van der Waals surface area contributed by atoms with Gasteiger partial charge in [0.1, 0.15) is 17.7 Å². The minimum absolute atomic E-state index is 0.0991. The molecule has 7 heteroatoms. The molecule has 4 heterocycles. The van der Waals surface area contributed by atoms with Crippen molar-refractivity contribution in [2.45, 2.75) is 12.5 Å². The minimum atomic E-state index is 0.0991. The number of piperazine rings is 1. The second-order valence-corrected chi connectivity index (χ2v) is 7.04. The van der Waals surface area contributed by atoms with Crippen molar-refractivity contribution < 1.29 is 4.74 Å². The van der Waals surface area contributed by atoms with Crippen LogP contribution in [0.25, 0.3) is 0 Å². The third kappa shape index (κ3) is 3.43. The van der Waals surface area contributed by atoms with Gasteiger partial charge in [-0.25, -0.2) is 9.97 Å². The Kier molecular flexibility index (Phi) is 4.87. The van der Waals surface area contributed by atoms with E-state index in [0.717, 1.165) is 57.4 Å². The largest absolute Gasteiger partial charge is 0.370 e. The number of imidazole rings is 1. The number of hydrogen-bond donors (Lipinski definition) is 0. The number of pyridine rings is 1. The van der Waals surface area contributed by atoms with E-state index in [0.29, 0.717) is 11.5 Å². The zero-order chi connectivity index (χ0) is 17.9. The number of ether oxygens (including phenoxy) is 1. The van der Waals surface area contributed by atoms with E-state index in [1.54, 1.807) is 12.3 Å². The highest BCUT2D eigenvalue weighted by Crippen LogP contribution is 2.34. The molecule has 0 bridgehead atoms. The van der Waals surface area contributed by atoms with E-state index in [9.17, 15) is 0 Å². The predicted octanol–water partition coefficient (Wildman–Crippen LogP) is 1.59. The molecule has 4 rings (SSSR count). The van der Waals surface area contributed by atoms with Gasteiger partial charge in [0, 0.05) is 70.9 Å². The quantitative estimate of drug-likeness (QED) is 0.832. The highest BCUT2D eigenvalue weighted by molar-refractivity contribution is 5.45. The maximum Gasteiger partial charge on any atom is 0.137 e. The molecule has 0 aliphatic carbocycles. The maximum absolute atomic E-state index is 9.06. The van der Waals surface area contributed by atoms with Crippen molar-refractivity contribution in [2.75, 3.05) is 44.2 Å². The van der Waals surface area contributed by atoms with E-state index in [2.05, 4.69) is 30.4 Å². The van der Waals surface area contributed by atoms with Gasteiger partial charge in [-0.1, -0.05) is 0 Å². The van der Waals surface area contributed by atoms with Gasteiger partial charge in [-0.3, -0.25) is 4.90 Å². The summed E-state index contributed by atoms with van der Waals surface area (Å²) in [5.41, 5.74) is 0.665. The second kappa shape index (κ2) is 7.44. The van der Waals surface area contributed by atoms with Gasteiger partial charge in [0.15, 0.2) is 0 Å². The Balaban J connectivity index is 1.35. The van der Waals surface area contributed by atoms with Crippen LogP contribution in [0, 0.1) is 17.2 Å². The Labute approximate surface area is 153 Å². The second-order valence-electron chi connectivity index (χ2n) is 7.04. The molecule has 2 aromatic rings. The van der Waals surface area contributed by atoms with E-state index in [1.807, 2.05) is 25.5 Å². The molecular formula is C19H24N6O. The molecule has 2 aromatic heterocycles. The van der Waals surface area contributed by atoms with Gasteiger partial charge in [0.05, 0.1) is 11.6 Å². The molecule has 0 spiro atoms. The summed E-state index contributed by atoms with van der Waals surface area (Å²) >= 11 is 0. The van der Waals surface area contributed by atoms with E-state index >= 15 is 0 Å². The summed E-state index contributed by atoms with van der Waals surface area (Å²) in [4.78, 5) is 13.7. The third-order valence-electron chi connectivity index (χ3n) is 5.39. The van der Waals surface area contributed by atoms with Crippen LogP contribution >= 0.6 is 0 Å². The fourth-order valence-corrected chi connectivity index (χ4v) is 3.91. The smallest absolute Gasteiger partial charge is 0.137 e. The maximum atomic E-state index is 9.06. The number of nitrogens with zero attached hydrogens (tertiary/aromatic N) is 6. The molecule has 0 aromatic carbocycles. The first-order chi connectivity index (χ1) is 12.7. The molecule has 2 saturated heterocycles. The van der Waals surface area contributed by atoms with Crippen molar-refractivity contribution in [3.05, 3.63) is 42.1 Å². The lowest BCUT2D eigenvalue weighted by Gasteiger charge is -2.37. The molecule has 0 N–H and O–H groups in total. The van der Waals surface area contributed by atoms with Gasteiger partial charge in [0.2, 0.25) is 0 Å². The van der Waals surface area contributed by atoms with E-state index in [4.69, 9.17) is 10.00 Å². The van der Waals surface area contributed by atoms with Crippen LogP contribution in [0.3, 0.4) is 0 Å². The van der Waals surface area contributed by atoms with Crippen LogP contribution in [0.5, 0.6) is 0 Å². The summed E-state index contributed by atoms with van der Waals surface area (Å²) in [6.45, 7) is 5.72. The fourth-order valence-electron chi connectivity index (χ4n) is 3.91. The number of rotatable bonds is 4. The molecule has 0 saturated carbocycles. The highest BCUT2D eigenvalue weighted by atomic mass is 16.5. The van der Waals surface area contributed by atoms with Gasteiger partial charge >= 0.3 is 0 Å². The van der Waals surface area contributed by atoms with Crippen LogP contribution in [-0.2, 0) is 11.8 Å². The zero-order valence-corrected chi connectivity index (χ0v) is 15.1. The molecule has 2 fully saturated rings. The first kappa shape index (κ1) is 17.0. The van der Waals surface area contributed by atoms with Crippen molar-refractivity contribution >= 4 is 5.82 Å². The van der Waals surface area contributed by atoms with Crippen LogP contribution in [0.2, 0.25) is 0 Å². The molecule has 7 nitrogen and oxygen atoms in total. The number of aryl methyl sites for hydroxylation is 1. The summed E-state index contributed by atoms with van der Waals surface area (Å²) in [7, 11) is 2.03. The molecule has 0 radical (unpaired) electrons. The van der Waals surface area contributed by atoms with Gasteiger partial charge < -0.3 is 14.2 Å². The first-order valence-corrected chi connectivity index (χ1v) is 9.17. The monoisotopic (exact) mass is 352 g/mol. The lowest BCUT2D eigenvalue weighted by atomic mass is 9.99. The molecule has 2 atom stereocenters. The predicted molar refractivity (Wildman–Crippen MR) is 97.6 cm³/mol. The van der Waals surface area contributed by atoms with Gasteiger partial charge in [0.25, 0.3) is 0 Å². The Hall–Kier alpha value is -2.43. The van der Waals surface area contributed by atoms with E-state index in [1.165, 1.54) is 0 Å². The van der Waals surface area contributed by atoms with Crippen LogP contribution < -0.4 is 4.90 Å². The van der Waals surface area contributed by atoms with E-state index < -0.39 is 0 Å². The van der Waals surface area contributed by atoms with Crippen molar-refractivity contribution in [1.82, 2.24) is 19.4 Å². The third-order valence-corrected chi connectivity index (χ3v) is 5.39. The van der Waals surface area contributed by atoms with Gasteiger partial charge in [-0.15, -0.1) is 0 Å². The molecule has 2 aliphatic heterocycles. The van der Waals surface area contributed by atoms with Gasteiger partial charge in [-0.05, 0) is 18.6 Å². The summed E-state index contributed by atoms with van der Waals surface area (Å²) in [5.74, 6) is 2.42. The molecule has 0 unspecified atom stereocenters. The average Bonchev–Trinajstić information content (AvgIpc) is 3.30. The Morgan fingerprint density at radius 2 is 2.08 bits per heavy atom. The van der Waals surface area contributed by atoms with Crippen molar-refractivity contribution in [3.63, 3.8) is 0 Å². The lowest BCUT2D eigenvalue weighted by Crippen LogP contribution is -2.48. The minimum Gasteiger partial charge on any atom is -0.370 e. The molecular weight excluding hydrogens is 328 g/mol. The number of hydrogen-bond acceptors (Lipinski definition) is 6. The summed E-state index contributed by atoms with van der Waals surface area (Å²) in [6.07, 6.45) is 6.73. The average molecular weight is 352 g/mol. The Morgan fingerprint density at radius 3 is 2.81 bits per heavy atom. The summed E-state index contributed by atoms with van der Waals surface area (Å²) in [5, 5.41) is 9.06. The summed E-state index contributed by atoms with van der Waals surface area (Å²) in [6, 6.07) is 5.81. The van der Waals surface area contributed by atoms with Crippen molar-refractivity contribution in [2.24, 2.45) is 13.0 Å². The standard InChI is InChI=1S/C19H24N6O/c1-23-6-5-22-19(23)18-16(3-11-26-18)14-24-7-9-25(10-8-24)17-12-15(13-20)2-4-21-17/h2,4-6,12,16,18H,3,7-11,14H2,1H3/t16-,18+/m0/s1. The van der Waals surface area contributed by atoms with Crippen molar-refractivity contribution in [1.29, 1.82) is 5.26 Å². The Bertz CT molecular complexity index is 789.